The Kier molecular flexibility index (Phi) is 4.61. The maximum Gasteiger partial charge on any atom is 0.344 e. The highest BCUT2D eigenvalue weighted by Gasteiger charge is 2.21. The second kappa shape index (κ2) is 6.84. The fourth-order valence-electron chi connectivity index (χ4n) is 2.67. The number of benzene rings is 1. The average molecular weight is 342 g/mol. The first kappa shape index (κ1) is 16.8. The van der Waals surface area contributed by atoms with Gasteiger partial charge >= 0.3 is 5.97 Å². The van der Waals surface area contributed by atoms with Gasteiger partial charge in [-0.2, -0.15) is 0 Å². The second-order valence-electron chi connectivity index (χ2n) is 5.62. The molecule has 6 nitrogen and oxygen atoms in total. The minimum absolute atomic E-state index is 0.0690. The molecule has 1 aromatic carbocycles. The van der Waals surface area contributed by atoms with E-state index in [0.29, 0.717) is 16.7 Å². The van der Waals surface area contributed by atoms with Crippen LogP contribution in [0.25, 0.3) is 22.5 Å². The molecule has 0 saturated heterocycles. The Morgan fingerprint density at radius 3 is 2.72 bits per heavy atom. The van der Waals surface area contributed by atoms with Crippen LogP contribution >= 0.6 is 0 Å². The predicted molar refractivity (Wildman–Crippen MR) is 91.8 cm³/mol. The molecule has 3 rings (SSSR count). The van der Waals surface area contributed by atoms with Crippen molar-refractivity contribution in [2.45, 2.75) is 20.8 Å². The van der Waals surface area contributed by atoms with Gasteiger partial charge in [0.05, 0.1) is 18.3 Å². The van der Waals surface area contributed by atoms with Gasteiger partial charge in [0, 0.05) is 0 Å². The zero-order valence-corrected chi connectivity index (χ0v) is 14.3. The Labute approximate surface area is 144 Å². The van der Waals surface area contributed by atoms with Gasteiger partial charge in [-0.3, -0.25) is 4.79 Å². The fourth-order valence-corrected chi connectivity index (χ4v) is 2.67. The van der Waals surface area contributed by atoms with Gasteiger partial charge < -0.3 is 18.3 Å². The van der Waals surface area contributed by atoms with E-state index in [1.807, 2.05) is 19.9 Å². The van der Waals surface area contributed by atoms with Crippen molar-refractivity contribution >= 4 is 16.9 Å². The molecule has 0 fully saturated rings. The summed E-state index contributed by atoms with van der Waals surface area (Å²) < 4.78 is 21.6. The summed E-state index contributed by atoms with van der Waals surface area (Å²) in [5.41, 5.74) is 1.87. The molecule has 0 atom stereocenters. The number of furan rings is 1. The molecule has 0 aliphatic heterocycles. The number of ether oxygens (including phenoxy) is 2. The lowest BCUT2D eigenvalue weighted by Gasteiger charge is -2.11. The largest absolute Gasteiger partial charge is 0.474 e. The molecular weight excluding hydrogens is 324 g/mol. The van der Waals surface area contributed by atoms with Crippen LogP contribution in [0, 0.1) is 13.8 Å². The lowest BCUT2D eigenvalue weighted by molar-refractivity contribution is -0.145. The third-order valence-electron chi connectivity index (χ3n) is 3.66. The molecule has 2 heterocycles. The highest BCUT2D eigenvalue weighted by atomic mass is 16.6. The van der Waals surface area contributed by atoms with Crippen molar-refractivity contribution in [3.8, 4) is 17.3 Å². The van der Waals surface area contributed by atoms with Crippen molar-refractivity contribution in [1.29, 1.82) is 0 Å². The van der Waals surface area contributed by atoms with Crippen LogP contribution in [-0.4, -0.2) is 19.2 Å². The summed E-state index contributed by atoms with van der Waals surface area (Å²) in [5, 5.41) is 0.395. The normalized spacial score (nSPS) is 10.8. The van der Waals surface area contributed by atoms with Gasteiger partial charge in [-0.25, -0.2) is 4.79 Å². The van der Waals surface area contributed by atoms with Crippen LogP contribution in [0.15, 0.2) is 44.2 Å². The minimum Gasteiger partial charge on any atom is -0.474 e. The molecule has 130 valence electrons. The van der Waals surface area contributed by atoms with Crippen LogP contribution in [-0.2, 0) is 9.53 Å². The number of esters is 1. The zero-order valence-electron chi connectivity index (χ0n) is 14.3. The van der Waals surface area contributed by atoms with E-state index >= 15 is 0 Å². The summed E-state index contributed by atoms with van der Waals surface area (Å²) in [7, 11) is 0. The third-order valence-corrected chi connectivity index (χ3v) is 3.66. The summed E-state index contributed by atoms with van der Waals surface area (Å²) in [4.78, 5) is 24.5. The standard InChI is InChI=1S/C19H18O6/c1-4-22-15(20)10-24-19-16(21)13-9-11(2)8-12(3)17(13)25-18(19)14-6-5-7-23-14/h5-9H,4,10H2,1-3H3. The number of carbonyl (C=O) groups excluding carboxylic acids is 1. The van der Waals surface area contributed by atoms with Crippen molar-refractivity contribution in [2.75, 3.05) is 13.2 Å². The molecule has 0 spiro atoms. The molecule has 0 amide bonds. The van der Waals surface area contributed by atoms with Gasteiger partial charge in [-0.1, -0.05) is 6.07 Å². The Morgan fingerprint density at radius 2 is 2.04 bits per heavy atom. The van der Waals surface area contributed by atoms with Gasteiger partial charge in [0.2, 0.25) is 16.9 Å². The highest BCUT2D eigenvalue weighted by molar-refractivity contribution is 5.84. The maximum absolute atomic E-state index is 12.9. The zero-order chi connectivity index (χ0) is 18.0. The lowest BCUT2D eigenvalue weighted by Crippen LogP contribution is -2.19. The molecule has 0 bridgehead atoms. The first-order valence-corrected chi connectivity index (χ1v) is 7.91. The van der Waals surface area contributed by atoms with Crippen LogP contribution in [0.1, 0.15) is 18.1 Å². The van der Waals surface area contributed by atoms with E-state index in [9.17, 15) is 9.59 Å². The second-order valence-corrected chi connectivity index (χ2v) is 5.62. The molecule has 0 saturated carbocycles. The van der Waals surface area contributed by atoms with Gasteiger partial charge in [0.1, 0.15) is 5.58 Å². The molecule has 0 aliphatic carbocycles. The smallest absolute Gasteiger partial charge is 0.344 e. The Morgan fingerprint density at radius 1 is 1.24 bits per heavy atom. The third kappa shape index (κ3) is 3.28. The van der Waals surface area contributed by atoms with E-state index in [1.165, 1.54) is 6.26 Å². The fraction of sp³-hybridized carbons (Fsp3) is 0.263. The van der Waals surface area contributed by atoms with E-state index in [0.717, 1.165) is 11.1 Å². The number of hydrogen-bond donors (Lipinski definition) is 0. The molecule has 2 aromatic heterocycles. The van der Waals surface area contributed by atoms with Crippen molar-refractivity contribution in [1.82, 2.24) is 0 Å². The van der Waals surface area contributed by atoms with Crippen LogP contribution < -0.4 is 10.2 Å². The monoisotopic (exact) mass is 342 g/mol. The van der Waals surface area contributed by atoms with Crippen LogP contribution in [0.4, 0.5) is 0 Å². The summed E-state index contributed by atoms with van der Waals surface area (Å²) in [6.07, 6.45) is 1.47. The van der Waals surface area contributed by atoms with Crippen molar-refractivity contribution in [3.63, 3.8) is 0 Å². The number of hydrogen-bond acceptors (Lipinski definition) is 6. The van der Waals surface area contributed by atoms with E-state index in [4.69, 9.17) is 18.3 Å². The van der Waals surface area contributed by atoms with Crippen LogP contribution in [0.3, 0.4) is 0 Å². The number of aryl methyl sites for hydroxylation is 2. The first-order chi connectivity index (χ1) is 12.0. The number of carbonyl (C=O) groups is 1. The number of fused-ring (bicyclic) bond motifs is 1. The number of rotatable bonds is 5. The van der Waals surface area contributed by atoms with Crippen molar-refractivity contribution in [3.05, 3.63) is 51.9 Å². The van der Waals surface area contributed by atoms with Crippen LogP contribution in [0.2, 0.25) is 0 Å². The highest BCUT2D eigenvalue weighted by Crippen LogP contribution is 2.32. The summed E-state index contributed by atoms with van der Waals surface area (Å²) in [6.45, 7) is 5.30. The lowest BCUT2D eigenvalue weighted by atomic mass is 10.1. The average Bonchev–Trinajstić information content (AvgIpc) is 3.09. The van der Waals surface area contributed by atoms with E-state index in [-0.39, 0.29) is 30.2 Å². The van der Waals surface area contributed by atoms with E-state index in [1.54, 1.807) is 25.1 Å². The summed E-state index contributed by atoms with van der Waals surface area (Å²) >= 11 is 0. The van der Waals surface area contributed by atoms with Crippen LogP contribution in [0.5, 0.6) is 5.75 Å². The molecule has 3 aromatic rings. The predicted octanol–water partition coefficient (Wildman–Crippen LogP) is 3.61. The van der Waals surface area contributed by atoms with Crippen molar-refractivity contribution < 1.29 is 23.1 Å². The van der Waals surface area contributed by atoms with E-state index < -0.39 is 5.97 Å². The molecule has 0 radical (unpaired) electrons. The molecule has 0 aliphatic rings. The molecule has 0 N–H and O–H groups in total. The first-order valence-electron chi connectivity index (χ1n) is 7.91. The van der Waals surface area contributed by atoms with Gasteiger partial charge in [-0.05, 0) is 50.1 Å². The Hall–Kier alpha value is -3.02. The Balaban J connectivity index is 2.18. The topological polar surface area (TPSA) is 78.9 Å². The summed E-state index contributed by atoms with van der Waals surface area (Å²) in [5.74, 6) is -0.134. The van der Waals surface area contributed by atoms with Gasteiger partial charge in [-0.15, -0.1) is 0 Å². The Bertz CT molecular complexity index is 966. The van der Waals surface area contributed by atoms with Gasteiger partial charge in [0.25, 0.3) is 0 Å². The summed E-state index contributed by atoms with van der Waals surface area (Å²) in [6, 6.07) is 7.00. The molecule has 6 heteroatoms. The van der Waals surface area contributed by atoms with Crippen molar-refractivity contribution in [2.24, 2.45) is 0 Å². The molecular formula is C19H18O6. The quantitative estimate of drug-likeness (QED) is 0.659. The SMILES string of the molecule is CCOC(=O)COc1c(-c2ccco2)oc2c(C)cc(C)cc2c1=O. The van der Waals surface area contributed by atoms with E-state index in [2.05, 4.69) is 0 Å². The molecule has 25 heavy (non-hydrogen) atoms. The minimum atomic E-state index is -0.562. The molecule has 0 unspecified atom stereocenters. The van der Waals surface area contributed by atoms with Gasteiger partial charge in [0.15, 0.2) is 12.4 Å². The maximum atomic E-state index is 12.9.